The second-order valence-corrected chi connectivity index (χ2v) is 16.3. The largest absolute Gasteiger partial charge is 0.375 e. The van der Waals surface area contributed by atoms with Crippen molar-refractivity contribution >= 4 is 29.5 Å². The van der Waals surface area contributed by atoms with Crippen LogP contribution in [-0.2, 0) is 41.7 Å². The van der Waals surface area contributed by atoms with Crippen LogP contribution in [0, 0.1) is 17.8 Å². The summed E-state index contributed by atoms with van der Waals surface area (Å²) in [6, 6.07) is 3.49. The molecular weight excluding hydrogens is 699 g/mol. The van der Waals surface area contributed by atoms with Crippen molar-refractivity contribution in [3.05, 3.63) is 35.4 Å². The van der Waals surface area contributed by atoms with Gasteiger partial charge in [-0.15, -0.1) is 0 Å². The Morgan fingerprint density at radius 3 is 2.04 bits per heavy atom. The molecule has 2 fully saturated rings. The lowest BCUT2D eigenvalue weighted by Gasteiger charge is -2.36. The molecule has 1 aromatic carbocycles. The number of aryl methyl sites for hydroxylation is 1. The number of amides is 5. The number of nitrogens with one attached hydrogen (secondary N) is 4. The van der Waals surface area contributed by atoms with Crippen molar-refractivity contribution in [3.8, 4) is 0 Å². The molecule has 8 N–H and O–H groups in total. The lowest BCUT2D eigenvalue weighted by Crippen LogP contribution is -2.61. The van der Waals surface area contributed by atoms with Crippen LogP contribution in [0.15, 0.2) is 24.3 Å². The first-order chi connectivity index (χ1) is 26.3. The molecule has 2 aliphatic rings. The molecule has 13 nitrogen and oxygen atoms in total. The van der Waals surface area contributed by atoms with Crippen molar-refractivity contribution in [1.82, 2.24) is 26.2 Å². The van der Waals surface area contributed by atoms with Crippen LogP contribution in [0.5, 0.6) is 0 Å². The summed E-state index contributed by atoms with van der Waals surface area (Å²) in [5.41, 5.74) is 13.8. The number of nitrogens with two attached hydrogens (primary N) is 2. The van der Waals surface area contributed by atoms with E-state index in [-0.39, 0.29) is 37.3 Å². The zero-order valence-corrected chi connectivity index (χ0v) is 34.4. The van der Waals surface area contributed by atoms with Gasteiger partial charge in [0.25, 0.3) is 0 Å². The monoisotopic (exact) mass is 770 g/mol. The van der Waals surface area contributed by atoms with Gasteiger partial charge in [-0.05, 0) is 68.4 Å². The lowest BCUT2D eigenvalue weighted by atomic mass is 9.83. The van der Waals surface area contributed by atoms with Gasteiger partial charge in [0.1, 0.15) is 24.2 Å². The Morgan fingerprint density at radius 2 is 1.42 bits per heavy atom. The van der Waals surface area contributed by atoms with E-state index in [9.17, 15) is 24.0 Å². The fraction of sp³-hybridized carbons (Fsp3) is 0.738. The number of carbonyl (C=O) groups excluding carboxylic acids is 5. The Bertz CT molecular complexity index is 1370. The topological polar surface area (TPSA) is 198 Å². The molecule has 55 heavy (non-hydrogen) atoms. The van der Waals surface area contributed by atoms with E-state index in [2.05, 4.69) is 28.2 Å². The van der Waals surface area contributed by atoms with Gasteiger partial charge in [-0.2, -0.15) is 0 Å². The predicted molar refractivity (Wildman–Crippen MR) is 215 cm³/mol. The minimum absolute atomic E-state index is 0.0824. The SMILES string of the molecule is CCCCCC[C@H]1OC[C@@H](C)NC(=O)C(CCc2ccc(CN)cc2)NC(=O)[C@H](CN)NC(=O)C(C2CCCCC2)NC(=O)C(CC(C)C)N(C)C(=O)C1C. The van der Waals surface area contributed by atoms with E-state index in [4.69, 9.17) is 16.2 Å². The van der Waals surface area contributed by atoms with Crippen LogP contribution in [0.3, 0.4) is 0 Å². The van der Waals surface area contributed by atoms with Crippen molar-refractivity contribution < 1.29 is 28.7 Å². The zero-order valence-electron chi connectivity index (χ0n) is 34.4. The minimum Gasteiger partial charge on any atom is -0.375 e. The molecular formula is C42H71N7O6. The van der Waals surface area contributed by atoms with E-state index in [1.54, 1.807) is 7.05 Å². The van der Waals surface area contributed by atoms with Crippen LogP contribution < -0.4 is 32.7 Å². The predicted octanol–water partition coefficient (Wildman–Crippen LogP) is 3.45. The standard InChI is InChI=1S/C42H71N7O6/c1-7-8-9-13-16-36-29(5)42(54)49(6)35(23-27(2)3)40(52)48-37(32-14-11-10-12-15-32)41(53)47-34(25-44)39(51)46-33(38(50)45-28(4)26-55-36)22-21-30-17-19-31(24-43)20-18-30/h17-20,27-29,32-37H,7-16,21-26,43-44H2,1-6H3,(H,45,50)(H,46,51)(H,47,53)(H,48,52)/t28-,29?,33?,34+,35?,36-,37?/m1/s1. The third-order valence-corrected chi connectivity index (χ3v) is 11.2. The molecule has 3 rings (SSSR count). The number of hydrogen-bond donors (Lipinski definition) is 6. The number of unbranched alkanes of at least 4 members (excludes halogenated alkanes) is 3. The molecule has 13 heteroatoms. The molecule has 310 valence electrons. The molecule has 1 aromatic rings. The average molecular weight is 770 g/mol. The lowest BCUT2D eigenvalue weighted by molar-refractivity contribution is -0.147. The number of likely N-dealkylation sites (N-methyl/N-ethyl adjacent to an activating group) is 1. The number of rotatable bonds is 13. The van der Waals surface area contributed by atoms with E-state index < -0.39 is 65.9 Å². The Hall–Kier alpha value is -3.55. The molecule has 1 saturated carbocycles. The first kappa shape index (κ1) is 45.8. The summed E-state index contributed by atoms with van der Waals surface area (Å²) in [6.07, 6.45) is 9.75. The summed E-state index contributed by atoms with van der Waals surface area (Å²) in [7, 11) is 1.65. The van der Waals surface area contributed by atoms with Crippen molar-refractivity contribution in [2.75, 3.05) is 20.2 Å². The molecule has 1 saturated heterocycles. The second kappa shape index (κ2) is 23.5. The van der Waals surface area contributed by atoms with Gasteiger partial charge in [0, 0.05) is 26.2 Å². The Labute approximate surface area is 329 Å². The van der Waals surface area contributed by atoms with Crippen LogP contribution in [0.2, 0.25) is 0 Å². The third kappa shape index (κ3) is 14.5. The Morgan fingerprint density at radius 1 is 0.782 bits per heavy atom. The van der Waals surface area contributed by atoms with Crippen molar-refractivity contribution in [2.24, 2.45) is 29.2 Å². The molecule has 0 bridgehead atoms. The van der Waals surface area contributed by atoms with E-state index in [0.29, 0.717) is 25.8 Å². The van der Waals surface area contributed by atoms with Crippen LogP contribution in [0.1, 0.15) is 123 Å². The summed E-state index contributed by atoms with van der Waals surface area (Å²) >= 11 is 0. The van der Waals surface area contributed by atoms with Crippen molar-refractivity contribution in [1.29, 1.82) is 0 Å². The van der Waals surface area contributed by atoms with Gasteiger partial charge in [0.05, 0.1) is 18.6 Å². The fourth-order valence-corrected chi connectivity index (χ4v) is 7.73. The molecule has 1 aliphatic carbocycles. The highest BCUT2D eigenvalue weighted by molar-refractivity contribution is 5.96. The molecule has 0 spiro atoms. The zero-order chi connectivity index (χ0) is 40.5. The molecule has 1 aliphatic heterocycles. The summed E-state index contributed by atoms with van der Waals surface area (Å²) in [4.78, 5) is 71.9. The highest BCUT2D eigenvalue weighted by atomic mass is 16.5. The van der Waals surface area contributed by atoms with Gasteiger partial charge in [-0.1, -0.05) is 96.9 Å². The smallest absolute Gasteiger partial charge is 0.244 e. The normalized spacial score (nSPS) is 27.4. The summed E-state index contributed by atoms with van der Waals surface area (Å²) in [5.74, 6) is -2.75. The molecule has 1 heterocycles. The van der Waals surface area contributed by atoms with Gasteiger partial charge < -0.3 is 42.4 Å². The number of hydrogen-bond acceptors (Lipinski definition) is 8. The first-order valence-corrected chi connectivity index (χ1v) is 20.9. The summed E-state index contributed by atoms with van der Waals surface area (Å²) in [6.45, 7) is 10.2. The number of nitrogens with zero attached hydrogens (tertiary/aromatic N) is 1. The second-order valence-electron chi connectivity index (χ2n) is 16.3. The quantitative estimate of drug-likeness (QED) is 0.164. The van der Waals surface area contributed by atoms with Crippen LogP contribution >= 0.6 is 0 Å². The molecule has 0 aromatic heterocycles. The van der Waals surface area contributed by atoms with E-state index in [0.717, 1.165) is 68.9 Å². The summed E-state index contributed by atoms with van der Waals surface area (Å²) < 4.78 is 6.44. The van der Waals surface area contributed by atoms with E-state index in [1.807, 2.05) is 52.0 Å². The molecule has 4 unspecified atom stereocenters. The van der Waals surface area contributed by atoms with E-state index in [1.165, 1.54) is 4.90 Å². The molecule has 7 atom stereocenters. The average Bonchev–Trinajstić information content (AvgIpc) is 3.18. The number of ether oxygens (including phenoxy) is 1. The van der Waals surface area contributed by atoms with Gasteiger partial charge in [-0.3, -0.25) is 24.0 Å². The maximum Gasteiger partial charge on any atom is 0.244 e. The van der Waals surface area contributed by atoms with Gasteiger partial charge in [0.2, 0.25) is 29.5 Å². The van der Waals surface area contributed by atoms with Gasteiger partial charge in [-0.25, -0.2) is 0 Å². The molecule has 0 radical (unpaired) electrons. The van der Waals surface area contributed by atoms with Crippen LogP contribution in [-0.4, -0.2) is 90.9 Å². The maximum absolute atomic E-state index is 14.3. The Balaban J connectivity index is 2.01. The number of benzene rings is 1. The molecule has 5 amide bonds. The van der Waals surface area contributed by atoms with Gasteiger partial charge >= 0.3 is 0 Å². The van der Waals surface area contributed by atoms with Crippen LogP contribution in [0.25, 0.3) is 0 Å². The summed E-state index contributed by atoms with van der Waals surface area (Å²) in [5, 5.41) is 11.7. The highest BCUT2D eigenvalue weighted by Gasteiger charge is 2.39. The number of carbonyl (C=O) groups is 5. The third-order valence-electron chi connectivity index (χ3n) is 11.2. The van der Waals surface area contributed by atoms with E-state index >= 15 is 0 Å². The fourth-order valence-electron chi connectivity index (χ4n) is 7.73. The van der Waals surface area contributed by atoms with Crippen molar-refractivity contribution in [3.63, 3.8) is 0 Å². The van der Waals surface area contributed by atoms with Crippen molar-refractivity contribution in [2.45, 2.75) is 161 Å². The first-order valence-electron chi connectivity index (χ1n) is 20.9. The maximum atomic E-state index is 14.3. The Kier molecular flexibility index (Phi) is 19.6. The van der Waals surface area contributed by atoms with Crippen LogP contribution in [0.4, 0.5) is 0 Å². The minimum atomic E-state index is -1.15. The highest BCUT2D eigenvalue weighted by Crippen LogP contribution is 2.28. The van der Waals surface area contributed by atoms with Gasteiger partial charge in [0.15, 0.2) is 0 Å².